The van der Waals surface area contributed by atoms with Crippen LogP contribution >= 0.6 is 0 Å². The van der Waals surface area contributed by atoms with Gasteiger partial charge in [0.05, 0.1) is 11.5 Å². The van der Waals surface area contributed by atoms with Crippen LogP contribution in [0.4, 0.5) is 24.5 Å². The van der Waals surface area contributed by atoms with Crippen LogP contribution in [-0.4, -0.2) is 66.5 Å². The molecule has 0 spiro atoms. The van der Waals surface area contributed by atoms with Crippen molar-refractivity contribution < 1.29 is 27.6 Å². The number of aryl methyl sites for hydroxylation is 1. The number of ketones is 2. The fraction of sp³-hybridized carbons (Fsp3) is 0.674. The molecule has 7 nitrogen and oxygen atoms in total. The van der Waals surface area contributed by atoms with Gasteiger partial charge in [-0.3, -0.25) is 19.3 Å². The Balaban J connectivity index is 1.03. The van der Waals surface area contributed by atoms with Gasteiger partial charge in [-0.05, 0) is 111 Å². The Labute approximate surface area is 332 Å². The Bertz CT molecular complexity index is 1660. The van der Waals surface area contributed by atoms with Crippen molar-refractivity contribution in [3.63, 3.8) is 0 Å². The van der Waals surface area contributed by atoms with Crippen LogP contribution in [0.3, 0.4) is 0 Å². The van der Waals surface area contributed by atoms with E-state index in [1.165, 1.54) is 6.42 Å². The molecular formula is C46H65F3N4O3. The lowest BCUT2D eigenvalue weighted by Gasteiger charge is -2.37. The highest BCUT2D eigenvalue weighted by Crippen LogP contribution is 2.41. The van der Waals surface area contributed by atoms with Gasteiger partial charge in [0.25, 0.3) is 0 Å². The van der Waals surface area contributed by atoms with Gasteiger partial charge in [0.1, 0.15) is 11.6 Å². The van der Waals surface area contributed by atoms with Crippen molar-refractivity contribution in [2.75, 3.05) is 44.3 Å². The predicted molar refractivity (Wildman–Crippen MR) is 217 cm³/mol. The molecule has 308 valence electrons. The van der Waals surface area contributed by atoms with Gasteiger partial charge in [0, 0.05) is 68.8 Å². The number of carbonyl (C=O) groups excluding carboxylic acids is 3. The molecule has 1 amide bonds. The summed E-state index contributed by atoms with van der Waals surface area (Å²) in [5, 5.41) is 3.01. The maximum absolute atomic E-state index is 14.1. The Morgan fingerprint density at radius 3 is 2.30 bits per heavy atom. The number of rotatable bonds is 15. The quantitative estimate of drug-likeness (QED) is 0.138. The van der Waals surface area contributed by atoms with E-state index in [0.29, 0.717) is 47.8 Å². The molecule has 3 unspecified atom stereocenters. The van der Waals surface area contributed by atoms with Crippen LogP contribution < -0.4 is 11.1 Å². The monoisotopic (exact) mass is 779 g/mol. The molecule has 0 radical (unpaired) electrons. The number of benzene rings is 2. The van der Waals surface area contributed by atoms with Gasteiger partial charge < -0.3 is 16.0 Å². The molecule has 6 rings (SSSR count). The highest BCUT2D eigenvalue weighted by Gasteiger charge is 2.36. The minimum Gasteiger partial charge on any atom is -0.398 e. The van der Waals surface area contributed by atoms with E-state index in [9.17, 15) is 27.6 Å². The van der Waals surface area contributed by atoms with Gasteiger partial charge in [-0.15, -0.1) is 0 Å². The van der Waals surface area contributed by atoms with Crippen molar-refractivity contribution in [2.45, 2.75) is 135 Å². The molecule has 0 aromatic heterocycles. The number of alkyl halides is 3. The highest BCUT2D eigenvalue weighted by molar-refractivity contribution is 6.02. The molecule has 3 fully saturated rings. The number of fused-ring (bicyclic) bond motifs is 1. The molecule has 3 N–H and O–H groups in total. The summed E-state index contributed by atoms with van der Waals surface area (Å²) in [7, 11) is 2.18. The van der Waals surface area contributed by atoms with E-state index >= 15 is 0 Å². The lowest BCUT2D eigenvalue weighted by Crippen LogP contribution is -2.48. The standard InChI is InChI=1S/C46H65F3N4O3/c1-30(35-7-6-8-37(18-17-35)53-23-21-52(3)22-24-53)26-43(55)36(27-34-25-31(2)44(50)41(28-34)46(47,48)49)29-38(54)19-15-32-11-13-33(14-12-32)16-20-40-39-9-4-5-10-42(39)51-45(40)56/h4-5,9-10,25,28,30,32-33,35-37,40H,6-8,11-24,26-27,29,50H2,1-3H3,(H,51,56)/t30-,32?,33?,35?,36+,37?,40?/m1/s1. The molecule has 2 saturated carbocycles. The normalized spacial score (nSPS) is 26.2. The van der Waals surface area contributed by atoms with E-state index in [4.69, 9.17) is 5.73 Å². The molecule has 2 aliphatic heterocycles. The summed E-state index contributed by atoms with van der Waals surface area (Å²) in [5.74, 6) is 0.959. The number of nitrogens with one attached hydrogen (secondary N) is 1. The van der Waals surface area contributed by atoms with E-state index < -0.39 is 17.7 Å². The van der Waals surface area contributed by atoms with Gasteiger partial charge >= 0.3 is 6.18 Å². The second-order valence-corrected chi connectivity index (χ2v) is 18.1. The number of nitrogen functional groups attached to an aromatic ring is 1. The van der Waals surface area contributed by atoms with Gasteiger partial charge in [-0.2, -0.15) is 13.2 Å². The predicted octanol–water partition coefficient (Wildman–Crippen LogP) is 9.61. The third-order valence-electron chi connectivity index (χ3n) is 14.1. The summed E-state index contributed by atoms with van der Waals surface area (Å²) in [4.78, 5) is 45.4. The Kier molecular flexibility index (Phi) is 14.4. The molecule has 2 aromatic rings. The van der Waals surface area contributed by atoms with E-state index in [1.807, 2.05) is 24.3 Å². The topological polar surface area (TPSA) is 95.7 Å². The molecule has 0 bridgehead atoms. The Hall–Kier alpha value is -3.24. The summed E-state index contributed by atoms with van der Waals surface area (Å²) >= 11 is 0. The van der Waals surface area contributed by atoms with Crippen LogP contribution in [0.25, 0.3) is 0 Å². The van der Waals surface area contributed by atoms with Crippen LogP contribution in [-0.2, 0) is 27.0 Å². The summed E-state index contributed by atoms with van der Waals surface area (Å²) in [5.41, 5.74) is 7.46. The molecule has 1 saturated heterocycles. The van der Waals surface area contributed by atoms with Gasteiger partial charge in [-0.25, -0.2) is 0 Å². The van der Waals surface area contributed by atoms with Crippen LogP contribution in [0.15, 0.2) is 36.4 Å². The first-order chi connectivity index (χ1) is 26.7. The smallest absolute Gasteiger partial charge is 0.398 e. The third kappa shape index (κ3) is 11.0. The van der Waals surface area contributed by atoms with Gasteiger partial charge in [0.2, 0.25) is 5.91 Å². The number of nitrogens with zero attached hydrogens (tertiary/aromatic N) is 2. The average molecular weight is 779 g/mol. The summed E-state index contributed by atoms with van der Waals surface area (Å²) < 4.78 is 41.9. The minimum atomic E-state index is -4.61. The first-order valence-electron chi connectivity index (χ1n) is 21.6. The maximum Gasteiger partial charge on any atom is 0.418 e. The number of carbonyl (C=O) groups is 3. The molecule has 4 aliphatic rings. The zero-order valence-corrected chi connectivity index (χ0v) is 34.0. The van der Waals surface area contributed by atoms with Crippen molar-refractivity contribution in [3.05, 3.63) is 58.7 Å². The molecule has 56 heavy (non-hydrogen) atoms. The van der Waals surface area contributed by atoms with Crippen LogP contribution in [0, 0.1) is 36.5 Å². The number of hydrogen-bond acceptors (Lipinski definition) is 6. The third-order valence-corrected chi connectivity index (χ3v) is 14.1. The molecular weight excluding hydrogens is 714 g/mol. The van der Waals surface area contributed by atoms with E-state index in [2.05, 4.69) is 29.1 Å². The summed E-state index contributed by atoms with van der Waals surface area (Å²) in [6.45, 7) is 8.14. The molecule has 2 aromatic carbocycles. The summed E-state index contributed by atoms with van der Waals surface area (Å²) in [6.07, 6.45) is 8.82. The Morgan fingerprint density at radius 1 is 0.893 bits per heavy atom. The first-order valence-corrected chi connectivity index (χ1v) is 21.6. The Morgan fingerprint density at radius 2 is 1.59 bits per heavy atom. The second kappa shape index (κ2) is 19.0. The van der Waals surface area contributed by atoms with Crippen molar-refractivity contribution in [2.24, 2.45) is 29.6 Å². The number of likely N-dealkylation sites (N-methyl/N-ethyl adjacent to an activating group) is 1. The van der Waals surface area contributed by atoms with E-state index in [1.54, 1.807) is 13.0 Å². The van der Waals surface area contributed by atoms with Crippen molar-refractivity contribution in [3.8, 4) is 0 Å². The second-order valence-electron chi connectivity index (χ2n) is 18.1. The number of nitrogens with two attached hydrogens (primary N) is 1. The number of piperazine rings is 1. The minimum absolute atomic E-state index is 0.00664. The fourth-order valence-electron chi connectivity index (χ4n) is 10.4. The maximum atomic E-state index is 14.1. The number of amides is 1. The molecule has 10 heteroatoms. The molecule has 2 aliphatic carbocycles. The van der Waals surface area contributed by atoms with Crippen molar-refractivity contribution in [1.82, 2.24) is 9.80 Å². The number of hydrogen-bond donors (Lipinski definition) is 2. The van der Waals surface area contributed by atoms with Gasteiger partial charge in [-0.1, -0.05) is 69.7 Å². The number of halogens is 3. The lowest BCUT2D eigenvalue weighted by atomic mass is 9.76. The van der Waals surface area contributed by atoms with E-state index in [-0.39, 0.29) is 47.8 Å². The van der Waals surface area contributed by atoms with Crippen molar-refractivity contribution in [1.29, 1.82) is 0 Å². The lowest BCUT2D eigenvalue weighted by molar-refractivity contribution is -0.137. The first kappa shape index (κ1) is 42.4. The highest BCUT2D eigenvalue weighted by atomic mass is 19.4. The van der Waals surface area contributed by atoms with Crippen LogP contribution in [0.5, 0.6) is 0 Å². The van der Waals surface area contributed by atoms with E-state index in [0.717, 1.165) is 114 Å². The summed E-state index contributed by atoms with van der Waals surface area (Å²) in [6, 6.07) is 11.3. The average Bonchev–Trinajstić information content (AvgIpc) is 3.30. The fourth-order valence-corrected chi connectivity index (χ4v) is 10.4. The van der Waals surface area contributed by atoms with Gasteiger partial charge in [0.15, 0.2) is 0 Å². The largest absolute Gasteiger partial charge is 0.418 e. The zero-order chi connectivity index (χ0) is 40.0. The number of anilines is 2. The number of para-hydroxylation sites is 1. The SMILES string of the molecule is Cc1cc(C[C@@H](CC(=O)CCC2CCC(CCC3C(=O)Nc4ccccc43)CC2)C(=O)C[C@@H](C)C2CCCC(N3CCN(C)CC3)CC2)cc(C(F)(F)F)c1N. The number of Topliss-reactive ketones (excluding diaryl/α,β-unsaturated/α-hetero) is 2. The zero-order valence-electron chi connectivity index (χ0n) is 34.0. The molecule has 5 atom stereocenters. The van der Waals surface area contributed by atoms with Crippen LogP contribution in [0.1, 0.15) is 131 Å². The van der Waals surface area contributed by atoms with Crippen molar-refractivity contribution >= 4 is 28.8 Å². The van der Waals surface area contributed by atoms with Crippen LogP contribution in [0.2, 0.25) is 0 Å². The molecule has 2 heterocycles.